The van der Waals surface area contributed by atoms with Gasteiger partial charge in [-0.3, -0.25) is 62.7 Å². The third-order valence-corrected chi connectivity index (χ3v) is 18.4. The van der Waals surface area contributed by atoms with Crippen molar-refractivity contribution in [3.8, 4) is 0 Å². The SMILES string of the molecule is C[C@H](NC(=O)[C@H](CCCN=C(N)N)NC(=O)[C@@H]1CCCN1C(=O)[C@@H](N)CCCN=C(N)N)C(=O)N[C@@H](CO)C(=O)N[C@@H](Cc1cnc[nH]1)C(=O)N[C@@H](CCCCN)C(=O)NCC(=O)N1CCC[C@H]1C(=O)N[C@@H](CC1CCCCC1)C(=O)N1CCC[C@H]1C(=O)N[C@@H](Cc1ccccc1)C(=O)O. The van der Waals surface area contributed by atoms with Gasteiger partial charge in [0, 0.05) is 57.5 Å². The molecule has 552 valence electrons. The summed E-state index contributed by atoms with van der Waals surface area (Å²) in [5, 5.41) is 41.5. The number of nitrogens with zero attached hydrogens (tertiary/aromatic N) is 6. The number of carboxylic acids is 1. The number of aliphatic hydroxyl groups is 1. The Morgan fingerprint density at radius 3 is 1.67 bits per heavy atom. The fourth-order valence-electron chi connectivity index (χ4n) is 13.0. The second kappa shape index (κ2) is 40.5. The van der Waals surface area contributed by atoms with E-state index in [1.165, 1.54) is 34.1 Å². The van der Waals surface area contributed by atoms with Crippen LogP contribution in [0.3, 0.4) is 0 Å². The minimum Gasteiger partial charge on any atom is -0.480 e. The number of aliphatic hydroxyl groups excluding tert-OH is 1. The highest BCUT2D eigenvalue weighted by Crippen LogP contribution is 2.30. The lowest BCUT2D eigenvalue weighted by Crippen LogP contribution is -2.60. The fourth-order valence-corrected chi connectivity index (χ4v) is 13.0. The van der Waals surface area contributed by atoms with Gasteiger partial charge in [-0.15, -0.1) is 0 Å². The summed E-state index contributed by atoms with van der Waals surface area (Å²) in [6, 6.07) is -4.68. The first-order valence-corrected chi connectivity index (χ1v) is 34.6. The highest BCUT2D eigenvalue weighted by atomic mass is 16.4. The van der Waals surface area contributed by atoms with E-state index in [1.807, 2.05) is 0 Å². The maximum Gasteiger partial charge on any atom is 0.326 e. The van der Waals surface area contributed by atoms with Crippen LogP contribution in [0.25, 0.3) is 0 Å². The number of rotatable bonds is 39. The number of amides is 11. The van der Waals surface area contributed by atoms with Crippen molar-refractivity contribution in [2.24, 2.45) is 50.3 Å². The first-order valence-electron chi connectivity index (χ1n) is 34.6. The molecule has 0 radical (unpaired) electrons. The zero-order valence-corrected chi connectivity index (χ0v) is 56.9. The van der Waals surface area contributed by atoms with Crippen LogP contribution in [-0.2, 0) is 70.4 Å². The average Bonchev–Trinajstić information content (AvgIpc) is 1.65. The topological polar surface area (TPSA) is 561 Å². The summed E-state index contributed by atoms with van der Waals surface area (Å²) < 4.78 is 0. The Bertz CT molecular complexity index is 3150. The lowest BCUT2D eigenvalue weighted by Gasteiger charge is -2.33. The number of nitrogens with two attached hydrogens (primary N) is 6. The number of carboxylic acid groups (broad SMARTS) is 1. The molecule has 1 aromatic carbocycles. The molecule has 4 aliphatic rings. The summed E-state index contributed by atoms with van der Waals surface area (Å²) in [5.74, 6) is -9.46. The predicted octanol–water partition coefficient (Wildman–Crippen LogP) is -4.69. The number of carbonyl (C=O) groups is 12. The molecular formula is C65H103N21O14. The van der Waals surface area contributed by atoms with Crippen molar-refractivity contribution < 1.29 is 67.7 Å². The third kappa shape index (κ3) is 24.7. The Morgan fingerprint density at radius 1 is 0.570 bits per heavy atom. The number of guanidine groups is 2. The number of likely N-dealkylation sites (tertiary alicyclic amines) is 3. The Balaban J connectivity index is 1.07. The van der Waals surface area contributed by atoms with Crippen LogP contribution < -0.4 is 76.9 Å². The summed E-state index contributed by atoms with van der Waals surface area (Å²) in [5.41, 5.74) is 34.8. The van der Waals surface area contributed by atoms with Gasteiger partial charge in [-0.25, -0.2) is 9.78 Å². The highest BCUT2D eigenvalue weighted by molar-refractivity contribution is 5.99. The molecule has 3 aliphatic heterocycles. The normalized spacial score (nSPS) is 19.2. The number of imidazole rings is 1. The van der Waals surface area contributed by atoms with Gasteiger partial charge in [0.2, 0.25) is 65.0 Å². The number of unbranched alkanes of at least 4 members (excludes halogenated alkanes) is 1. The number of hydrogen-bond donors (Lipinski definition) is 17. The molecule has 1 saturated carbocycles. The van der Waals surface area contributed by atoms with Crippen molar-refractivity contribution in [3.05, 3.63) is 54.1 Å². The van der Waals surface area contributed by atoms with Crippen LogP contribution in [0.1, 0.15) is 140 Å². The van der Waals surface area contributed by atoms with E-state index in [0.29, 0.717) is 49.8 Å². The molecule has 0 unspecified atom stereocenters. The first-order chi connectivity index (χ1) is 47.9. The molecule has 100 heavy (non-hydrogen) atoms. The molecule has 0 bridgehead atoms. The largest absolute Gasteiger partial charge is 0.480 e. The van der Waals surface area contributed by atoms with Crippen molar-refractivity contribution in [1.82, 2.24) is 67.2 Å². The van der Waals surface area contributed by atoms with E-state index in [9.17, 15) is 67.7 Å². The maximum atomic E-state index is 14.7. The Morgan fingerprint density at radius 2 is 1.09 bits per heavy atom. The van der Waals surface area contributed by atoms with Gasteiger partial charge in [-0.2, -0.15) is 0 Å². The van der Waals surface area contributed by atoms with Gasteiger partial charge >= 0.3 is 5.97 Å². The van der Waals surface area contributed by atoms with E-state index in [-0.39, 0.29) is 121 Å². The smallest absolute Gasteiger partial charge is 0.326 e. The number of aliphatic imine (C=N–C) groups is 2. The van der Waals surface area contributed by atoms with Crippen LogP contribution >= 0.6 is 0 Å². The van der Waals surface area contributed by atoms with Crippen molar-refractivity contribution in [2.75, 3.05) is 52.4 Å². The number of hydrogen-bond acceptors (Lipinski definition) is 18. The highest BCUT2D eigenvalue weighted by Gasteiger charge is 2.43. The van der Waals surface area contributed by atoms with Crippen LogP contribution in [0.2, 0.25) is 0 Å². The molecule has 6 rings (SSSR count). The van der Waals surface area contributed by atoms with Crippen molar-refractivity contribution in [2.45, 2.75) is 208 Å². The van der Waals surface area contributed by atoms with Gasteiger partial charge in [0.1, 0.15) is 60.4 Å². The zero-order chi connectivity index (χ0) is 72.8. The number of benzene rings is 1. The second-order valence-corrected chi connectivity index (χ2v) is 26.0. The summed E-state index contributed by atoms with van der Waals surface area (Å²) in [4.78, 5) is 186. The molecule has 11 amide bonds. The number of aromatic nitrogens is 2. The number of H-pyrrole nitrogens is 1. The van der Waals surface area contributed by atoms with Crippen molar-refractivity contribution in [1.29, 1.82) is 0 Å². The average molecular weight is 1400 g/mol. The Kier molecular flexibility index (Phi) is 32.2. The monoisotopic (exact) mass is 1400 g/mol. The van der Waals surface area contributed by atoms with E-state index >= 15 is 0 Å². The molecule has 0 spiro atoms. The molecule has 3 saturated heterocycles. The van der Waals surface area contributed by atoms with Gasteiger partial charge < -0.3 is 107 Å². The minimum atomic E-state index is -1.72. The summed E-state index contributed by atoms with van der Waals surface area (Å²) in [7, 11) is 0. The van der Waals surface area contributed by atoms with E-state index in [0.717, 1.165) is 32.1 Å². The lowest BCUT2D eigenvalue weighted by atomic mass is 9.84. The van der Waals surface area contributed by atoms with Gasteiger partial charge in [0.15, 0.2) is 11.9 Å². The molecular weight excluding hydrogens is 1300 g/mol. The molecule has 35 heteroatoms. The quantitative estimate of drug-likeness (QED) is 0.0170. The maximum absolute atomic E-state index is 14.7. The Hall–Kier alpha value is -9.51. The van der Waals surface area contributed by atoms with Crippen LogP contribution in [0.5, 0.6) is 0 Å². The van der Waals surface area contributed by atoms with Crippen LogP contribution in [-0.4, -0.2) is 237 Å². The summed E-state index contributed by atoms with van der Waals surface area (Å²) >= 11 is 0. The van der Waals surface area contributed by atoms with Gasteiger partial charge in [0.25, 0.3) is 0 Å². The van der Waals surface area contributed by atoms with Gasteiger partial charge in [-0.05, 0) is 115 Å². The van der Waals surface area contributed by atoms with E-state index in [1.54, 1.807) is 30.3 Å². The van der Waals surface area contributed by atoms with Gasteiger partial charge in [-0.1, -0.05) is 62.4 Å². The molecule has 11 atom stereocenters. The first kappa shape index (κ1) is 79.5. The van der Waals surface area contributed by atoms with Crippen LogP contribution in [0, 0.1) is 5.92 Å². The molecule has 35 nitrogen and oxygen atoms in total. The number of carbonyl (C=O) groups excluding carboxylic acids is 11. The van der Waals surface area contributed by atoms with Crippen LogP contribution in [0.4, 0.5) is 0 Å². The summed E-state index contributed by atoms with van der Waals surface area (Å²) in [6.07, 6.45) is 11.1. The number of aromatic amines is 1. The fraction of sp³-hybridized carbons (Fsp3) is 0.646. The molecule has 2 aromatic rings. The van der Waals surface area contributed by atoms with E-state index < -0.39 is 151 Å². The molecule has 1 aromatic heterocycles. The van der Waals surface area contributed by atoms with Crippen molar-refractivity contribution in [3.63, 3.8) is 0 Å². The van der Waals surface area contributed by atoms with E-state index in [4.69, 9.17) is 34.4 Å². The number of aliphatic carboxylic acids is 1. The molecule has 4 heterocycles. The van der Waals surface area contributed by atoms with Crippen molar-refractivity contribution >= 4 is 82.9 Å². The zero-order valence-electron chi connectivity index (χ0n) is 56.9. The molecule has 1 aliphatic carbocycles. The number of nitrogens with one attached hydrogen (secondary N) is 9. The molecule has 23 N–H and O–H groups in total. The van der Waals surface area contributed by atoms with Gasteiger partial charge in [0.05, 0.1) is 25.5 Å². The minimum absolute atomic E-state index is 0.0169. The second-order valence-electron chi connectivity index (χ2n) is 26.0. The van der Waals surface area contributed by atoms with E-state index in [2.05, 4.69) is 62.5 Å². The summed E-state index contributed by atoms with van der Waals surface area (Å²) in [6.45, 7) is 0.801. The predicted molar refractivity (Wildman–Crippen MR) is 365 cm³/mol. The standard InChI is InChI=1S/C65H103N21O14/c1-38(77-55(91)44(21-11-27-74-65(70)71)79-59(95)50-23-13-29-85(50)61(97)42(67)19-10-26-73-64(68)69)53(89)83-48(36-87)57(93)80-45(33-41-34-72-37-76-41)56(92)78-43(20-8-9-25-66)54(90)75-35-52(88)84-28-12-22-49(84)58(94)81-46(31-39-15-4-2-5-16-39)62(98)86-30-14-24-51(86)60(96)82-47(63(99)100)32-40-17-6-3-7-18-40/h3,6-7,17-18,34,37-39,42-51,87H,2,4-5,8-16,19-33,35-36,66-67H2,1H3,(H,72,76)(H,75,90)(H,77,91)(H,78,92)(H,79,95)(H,80,93)(H,81,94)(H,82,96)(H,83,89)(H,99,100)(H4,68,69,73)(H4,70,71,74)/t38-,42-,43-,44-,45-,46-,47-,48-,49-,50-,51-/m0/s1. The Labute approximate surface area is 580 Å². The lowest BCUT2D eigenvalue weighted by molar-refractivity contribution is -0.145. The third-order valence-electron chi connectivity index (χ3n) is 18.4. The van der Waals surface area contributed by atoms with Crippen LogP contribution in [0.15, 0.2) is 52.8 Å². The molecule has 4 fully saturated rings.